The van der Waals surface area contributed by atoms with Crippen LogP contribution in [0, 0.1) is 29.6 Å². The molecule has 1 aromatic carbocycles. The maximum Gasteiger partial charge on any atom is 0.201 e. The van der Waals surface area contributed by atoms with E-state index in [1.807, 2.05) is 18.2 Å². The first kappa shape index (κ1) is 14.9. The molecule has 0 saturated heterocycles. The fourth-order valence-corrected chi connectivity index (χ4v) is 6.26. The van der Waals surface area contributed by atoms with Gasteiger partial charge in [0, 0.05) is 12.8 Å². The van der Waals surface area contributed by atoms with Gasteiger partial charge in [-0.05, 0) is 91.0 Å². The van der Waals surface area contributed by atoms with Crippen molar-refractivity contribution in [3.8, 4) is 0 Å². The number of aromatic amines is 1. The second-order valence-corrected chi connectivity index (χ2v) is 8.75. The summed E-state index contributed by atoms with van der Waals surface area (Å²) in [6.45, 7) is 0. The lowest BCUT2D eigenvalue weighted by Gasteiger charge is -2.54. The van der Waals surface area contributed by atoms with Gasteiger partial charge in [0.25, 0.3) is 0 Å². The number of nitrogens with one attached hydrogen (secondary N) is 1. The summed E-state index contributed by atoms with van der Waals surface area (Å²) in [7, 11) is 0. The minimum Gasteiger partial charge on any atom is -0.329 e. The Labute approximate surface area is 147 Å². The number of nitrogens with zero attached hydrogens (tertiary/aromatic N) is 1. The van der Waals surface area contributed by atoms with Gasteiger partial charge in [0.2, 0.25) is 5.28 Å². The SMILES string of the molecule is O=C(Cc1ccc2nc(Cl)[nH]c2c1)CC1C2CC3CC(C2)CC1C3. The van der Waals surface area contributed by atoms with Crippen LogP contribution in [0.3, 0.4) is 0 Å². The van der Waals surface area contributed by atoms with Crippen LogP contribution in [0.25, 0.3) is 11.0 Å². The Morgan fingerprint density at radius 1 is 1.12 bits per heavy atom. The highest BCUT2D eigenvalue weighted by molar-refractivity contribution is 6.29. The molecule has 0 spiro atoms. The van der Waals surface area contributed by atoms with E-state index in [9.17, 15) is 4.79 Å². The van der Waals surface area contributed by atoms with Crippen molar-refractivity contribution in [3.05, 3.63) is 29.0 Å². The zero-order valence-corrected chi connectivity index (χ0v) is 14.6. The molecule has 1 aromatic heterocycles. The Bertz CT molecular complexity index is 768. The van der Waals surface area contributed by atoms with Crippen molar-refractivity contribution in [1.82, 2.24) is 9.97 Å². The number of hydrogen-bond acceptors (Lipinski definition) is 2. The van der Waals surface area contributed by atoms with E-state index in [1.165, 1.54) is 32.1 Å². The van der Waals surface area contributed by atoms with E-state index in [1.54, 1.807) is 0 Å². The third-order valence-corrected chi connectivity index (χ3v) is 6.98. The van der Waals surface area contributed by atoms with E-state index < -0.39 is 0 Å². The molecule has 1 heterocycles. The molecule has 4 heteroatoms. The molecule has 4 aliphatic carbocycles. The number of carbonyl (C=O) groups is 1. The van der Waals surface area contributed by atoms with Crippen LogP contribution in [0.1, 0.15) is 44.1 Å². The van der Waals surface area contributed by atoms with Crippen LogP contribution in [-0.2, 0) is 11.2 Å². The molecule has 4 fully saturated rings. The zero-order chi connectivity index (χ0) is 16.3. The minimum atomic E-state index is 0.400. The molecule has 6 rings (SSSR count). The lowest BCUT2D eigenvalue weighted by atomic mass is 9.51. The molecule has 24 heavy (non-hydrogen) atoms. The number of fused-ring (bicyclic) bond motifs is 1. The molecule has 0 radical (unpaired) electrons. The zero-order valence-electron chi connectivity index (χ0n) is 13.8. The van der Waals surface area contributed by atoms with Crippen molar-refractivity contribution >= 4 is 28.4 Å². The van der Waals surface area contributed by atoms with Gasteiger partial charge in [-0.15, -0.1) is 0 Å². The Kier molecular flexibility index (Phi) is 3.48. The average molecular weight is 343 g/mol. The predicted octanol–water partition coefficient (Wildman–Crippen LogP) is 4.79. The number of ketones is 1. The van der Waals surface area contributed by atoms with E-state index in [0.717, 1.165) is 46.7 Å². The number of H-pyrrole nitrogens is 1. The summed E-state index contributed by atoms with van der Waals surface area (Å²) < 4.78 is 0. The van der Waals surface area contributed by atoms with Crippen LogP contribution in [0.2, 0.25) is 5.28 Å². The van der Waals surface area contributed by atoms with Gasteiger partial charge in [0.15, 0.2) is 0 Å². The summed E-state index contributed by atoms with van der Waals surface area (Å²) in [6, 6.07) is 5.97. The normalized spacial score (nSPS) is 34.1. The topological polar surface area (TPSA) is 45.8 Å². The second kappa shape index (κ2) is 5.59. The second-order valence-electron chi connectivity index (χ2n) is 8.39. The fourth-order valence-electron chi connectivity index (χ4n) is 6.07. The van der Waals surface area contributed by atoms with Gasteiger partial charge in [-0.1, -0.05) is 6.07 Å². The highest BCUT2D eigenvalue weighted by Gasteiger charge is 2.48. The summed E-state index contributed by atoms with van der Waals surface area (Å²) in [5.74, 6) is 4.68. The highest BCUT2D eigenvalue weighted by atomic mass is 35.5. The lowest BCUT2D eigenvalue weighted by Crippen LogP contribution is -2.45. The first-order valence-corrected chi connectivity index (χ1v) is 9.67. The molecule has 126 valence electrons. The van der Waals surface area contributed by atoms with Crippen molar-refractivity contribution in [2.75, 3.05) is 0 Å². The molecule has 1 N–H and O–H groups in total. The van der Waals surface area contributed by atoms with Gasteiger partial charge in [0.05, 0.1) is 11.0 Å². The van der Waals surface area contributed by atoms with Crippen LogP contribution in [-0.4, -0.2) is 15.8 Å². The van der Waals surface area contributed by atoms with Gasteiger partial charge in [-0.25, -0.2) is 4.98 Å². The molecule has 0 unspecified atom stereocenters. The van der Waals surface area contributed by atoms with E-state index >= 15 is 0 Å². The first-order valence-electron chi connectivity index (χ1n) is 9.30. The Morgan fingerprint density at radius 3 is 2.54 bits per heavy atom. The van der Waals surface area contributed by atoms with Crippen molar-refractivity contribution in [3.63, 3.8) is 0 Å². The standard InChI is InChI=1S/C20H23ClN2O/c21-20-22-18-2-1-11(9-19(18)23-20)8-16(24)10-17-14-4-12-3-13(6-14)7-15(17)5-12/h1-2,9,12-15,17H,3-8,10H2,(H,22,23). The first-order chi connectivity index (χ1) is 11.6. The maximum atomic E-state index is 12.7. The monoisotopic (exact) mass is 342 g/mol. The molecule has 0 amide bonds. The summed E-state index contributed by atoms with van der Waals surface area (Å²) in [5.41, 5.74) is 2.84. The Hall–Kier alpha value is -1.35. The smallest absolute Gasteiger partial charge is 0.201 e. The molecular weight excluding hydrogens is 320 g/mol. The predicted molar refractivity (Wildman–Crippen MR) is 95.0 cm³/mol. The quantitative estimate of drug-likeness (QED) is 0.868. The molecule has 0 aliphatic heterocycles. The number of aromatic nitrogens is 2. The molecule has 3 nitrogen and oxygen atoms in total. The third kappa shape index (κ3) is 2.57. The number of imidazole rings is 1. The highest BCUT2D eigenvalue weighted by Crippen LogP contribution is 2.57. The number of rotatable bonds is 4. The van der Waals surface area contributed by atoms with E-state index in [0.29, 0.717) is 23.4 Å². The van der Waals surface area contributed by atoms with Gasteiger partial charge in [-0.2, -0.15) is 0 Å². The Balaban J connectivity index is 1.28. The molecule has 4 saturated carbocycles. The summed E-state index contributed by atoms with van der Waals surface area (Å²) >= 11 is 5.91. The number of halogens is 1. The molecule has 4 aliphatic rings. The van der Waals surface area contributed by atoms with Crippen LogP contribution in [0.4, 0.5) is 0 Å². The van der Waals surface area contributed by atoms with Crippen molar-refractivity contribution < 1.29 is 4.79 Å². The summed E-state index contributed by atoms with van der Waals surface area (Å²) in [5, 5.41) is 0.405. The van der Waals surface area contributed by atoms with Gasteiger partial charge in [0.1, 0.15) is 5.78 Å². The van der Waals surface area contributed by atoms with Gasteiger partial charge < -0.3 is 4.98 Å². The van der Waals surface area contributed by atoms with Crippen molar-refractivity contribution in [1.29, 1.82) is 0 Å². The fraction of sp³-hybridized carbons (Fsp3) is 0.600. The number of carbonyl (C=O) groups excluding carboxylic acids is 1. The molecular formula is C20H23ClN2O. The van der Waals surface area contributed by atoms with Crippen molar-refractivity contribution in [2.24, 2.45) is 29.6 Å². The van der Waals surface area contributed by atoms with Crippen LogP contribution in [0.15, 0.2) is 18.2 Å². The summed E-state index contributed by atoms with van der Waals surface area (Å²) in [4.78, 5) is 19.9. The third-order valence-electron chi connectivity index (χ3n) is 6.80. The van der Waals surface area contributed by atoms with Gasteiger partial charge in [-0.3, -0.25) is 4.79 Å². The van der Waals surface area contributed by atoms with Crippen LogP contribution < -0.4 is 0 Å². The van der Waals surface area contributed by atoms with Gasteiger partial charge >= 0.3 is 0 Å². The summed E-state index contributed by atoms with van der Waals surface area (Å²) in [6.07, 6.45) is 8.37. The average Bonchev–Trinajstić information content (AvgIpc) is 2.89. The molecule has 0 atom stereocenters. The molecule has 2 aromatic rings. The largest absolute Gasteiger partial charge is 0.329 e. The minimum absolute atomic E-state index is 0.400. The molecule has 4 bridgehead atoms. The lowest BCUT2D eigenvalue weighted by molar-refractivity contribution is -0.123. The number of hydrogen-bond donors (Lipinski definition) is 1. The van der Waals surface area contributed by atoms with E-state index in [-0.39, 0.29) is 0 Å². The maximum absolute atomic E-state index is 12.7. The van der Waals surface area contributed by atoms with Crippen molar-refractivity contribution in [2.45, 2.75) is 44.9 Å². The van der Waals surface area contributed by atoms with Crippen LogP contribution in [0.5, 0.6) is 0 Å². The number of benzene rings is 1. The van der Waals surface area contributed by atoms with E-state index in [2.05, 4.69) is 9.97 Å². The van der Waals surface area contributed by atoms with E-state index in [4.69, 9.17) is 11.6 Å². The number of Topliss-reactive ketones (excluding diaryl/α,β-unsaturated/α-hetero) is 1. The van der Waals surface area contributed by atoms with Crippen LogP contribution >= 0.6 is 11.6 Å². The Morgan fingerprint density at radius 2 is 1.83 bits per heavy atom.